The Hall–Kier alpha value is -2.78. The molecule has 0 fully saturated rings. The Kier molecular flexibility index (Phi) is 7.39. The highest BCUT2D eigenvalue weighted by Gasteiger charge is 2.27. The van der Waals surface area contributed by atoms with Crippen molar-refractivity contribution >= 4 is 40.0 Å². The monoisotopic (exact) mass is 485 g/mol. The molecular weight excluding hydrogens is 458 g/mol. The summed E-state index contributed by atoms with van der Waals surface area (Å²) in [6, 6.07) is 7.05. The van der Waals surface area contributed by atoms with Crippen molar-refractivity contribution in [3.05, 3.63) is 57.2 Å². The summed E-state index contributed by atoms with van der Waals surface area (Å²) in [7, 11) is 0. The van der Waals surface area contributed by atoms with Gasteiger partial charge in [-0.1, -0.05) is 23.9 Å². The van der Waals surface area contributed by atoms with E-state index in [4.69, 9.17) is 4.74 Å². The van der Waals surface area contributed by atoms with Gasteiger partial charge in [-0.05, 0) is 62.8 Å². The second kappa shape index (κ2) is 10.4. The van der Waals surface area contributed by atoms with Crippen LogP contribution in [0.5, 0.6) is 5.75 Å². The van der Waals surface area contributed by atoms with Gasteiger partial charge in [0.15, 0.2) is 5.16 Å². The van der Waals surface area contributed by atoms with Gasteiger partial charge in [0.25, 0.3) is 0 Å². The Morgan fingerprint density at radius 2 is 2.00 bits per heavy atom. The van der Waals surface area contributed by atoms with Crippen LogP contribution < -0.4 is 5.32 Å². The van der Waals surface area contributed by atoms with Crippen LogP contribution in [0.25, 0.3) is 0 Å². The maximum absolute atomic E-state index is 12.7. The first-order valence-corrected chi connectivity index (χ1v) is 12.8. The molecule has 3 N–H and O–H groups in total. The number of ether oxygens (including phenoxy) is 1. The van der Waals surface area contributed by atoms with Gasteiger partial charge in [-0.25, -0.2) is 9.78 Å². The predicted molar refractivity (Wildman–Crippen MR) is 131 cm³/mol. The van der Waals surface area contributed by atoms with E-state index in [9.17, 15) is 14.7 Å². The van der Waals surface area contributed by atoms with Crippen molar-refractivity contribution < 1.29 is 19.4 Å². The maximum Gasteiger partial charge on any atom is 0.341 e. The van der Waals surface area contributed by atoms with Crippen LogP contribution in [0.4, 0.5) is 5.00 Å². The fourth-order valence-corrected chi connectivity index (χ4v) is 5.92. The molecule has 0 unspecified atom stereocenters. The Morgan fingerprint density at radius 3 is 2.76 bits per heavy atom. The van der Waals surface area contributed by atoms with Crippen molar-refractivity contribution in [1.29, 1.82) is 0 Å². The molecule has 4 rings (SSSR count). The molecule has 2 aromatic heterocycles. The number of amides is 1. The first-order chi connectivity index (χ1) is 15.9. The Morgan fingerprint density at radius 1 is 1.24 bits per heavy atom. The maximum atomic E-state index is 12.7. The van der Waals surface area contributed by atoms with Gasteiger partial charge in [0, 0.05) is 17.0 Å². The van der Waals surface area contributed by atoms with Crippen molar-refractivity contribution in [2.24, 2.45) is 0 Å². The smallest absolute Gasteiger partial charge is 0.341 e. The van der Waals surface area contributed by atoms with Gasteiger partial charge in [0.05, 0.1) is 23.6 Å². The number of aromatic hydroxyl groups is 1. The first-order valence-electron chi connectivity index (χ1n) is 11.0. The number of hydrogen-bond donors (Lipinski definition) is 3. The number of nitrogens with one attached hydrogen (secondary N) is 2. The van der Waals surface area contributed by atoms with Crippen LogP contribution in [0.1, 0.15) is 57.5 Å². The average Bonchev–Trinajstić information content (AvgIpc) is 3.33. The van der Waals surface area contributed by atoms with E-state index in [1.54, 1.807) is 19.1 Å². The summed E-state index contributed by atoms with van der Waals surface area (Å²) < 4.78 is 5.26. The van der Waals surface area contributed by atoms with Gasteiger partial charge in [-0.2, -0.15) is 0 Å². The van der Waals surface area contributed by atoms with Crippen molar-refractivity contribution in [2.45, 2.75) is 51.1 Å². The zero-order chi connectivity index (χ0) is 23.4. The Balaban J connectivity index is 1.40. The molecule has 1 aliphatic rings. The number of thioether (sulfide) groups is 1. The average molecular weight is 486 g/mol. The van der Waals surface area contributed by atoms with Gasteiger partial charge in [-0.3, -0.25) is 4.79 Å². The van der Waals surface area contributed by atoms with E-state index in [2.05, 4.69) is 15.3 Å². The fourth-order valence-electron chi connectivity index (χ4n) is 3.88. The van der Waals surface area contributed by atoms with Crippen molar-refractivity contribution in [1.82, 2.24) is 9.97 Å². The van der Waals surface area contributed by atoms with Crippen LogP contribution in [0.2, 0.25) is 0 Å². The molecule has 1 aromatic carbocycles. The minimum atomic E-state index is -0.361. The molecule has 0 saturated heterocycles. The number of anilines is 1. The normalized spacial score (nSPS) is 12.9. The molecular formula is C24H27N3O4S2. The quantitative estimate of drug-likeness (QED) is 0.311. The third kappa shape index (κ3) is 5.59. The molecule has 2 heterocycles. The highest BCUT2D eigenvalue weighted by atomic mass is 32.2. The number of phenols is 1. The van der Waals surface area contributed by atoms with Crippen molar-refractivity contribution in [2.75, 3.05) is 17.7 Å². The lowest BCUT2D eigenvalue weighted by Crippen LogP contribution is -2.17. The zero-order valence-corrected chi connectivity index (χ0v) is 20.3. The topological polar surface area (TPSA) is 104 Å². The second-order valence-electron chi connectivity index (χ2n) is 7.93. The number of fused-ring (bicyclic) bond motifs is 1. The number of H-pyrrole nitrogens is 1. The number of carbonyl (C=O) groups is 2. The minimum Gasteiger partial charge on any atom is -0.508 e. The van der Waals surface area contributed by atoms with E-state index in [-0.39, 0.29) is 23.4 Å². The standard InChI is InChI=1S/C24H27N3O4S2/c1-3-31-23(30)21-17-6-4-5-7-19(17)33-22(21)27-20(29)13-32-24-25-14(2)18(26-24)12-15-8-10-16(28)11-9-15/h8-11,28H,3-7,12-13H2,1-2H3,(H,25,26)(H,27,29). The Bertz CT molecular complexity index is 1150. The molecule has 1 aliphatic carbocycles. The van der Waals surface area contributed by atoms with E-state index in [0.717, 1.165) is 48.2 Å². The molecule has 0 bridgehead atoms. The van der Waals surface area contributed by atoms with E-state index in [1.807, 2.05) is 19.1 Å². The lowest BCUT2D eigenvalue weighted by Gasteiger charge is -2.12. The van der Waals surface area contributed by atoms with Crippen LogP contribution in [-0.2, 0) is 28.8 Å². The van der Waals surface area contributed by atoms with E-state index < -0.39 is 0 Å². The van der Waals surface area contributed by atoms with Gasteiger partial charge < -0.3 is 20.1 Å². The highest BCUT2D eigenvalue weighted by molar-refractivity contribution is 7.99. The third-order valence-electron chi connectivity index (χ3n) is 5.52. The van der Waals surface area contributed by atoms with E-state index in [1.165, 1.54) is 28.0 Å². The summed E-state index contributed by atoms with van der Waals surface area (Å²) in [5.41, 5.74) is 4.46. The molecule has 0 saturated carbocycles. The zero-order valence-electron chi connectivity index (χ0n) is 18.7. The predicted octanol–water partition coefficient (Wildman–Crippen LogP) is 4.86. The van der Waals surface area contributed by atoms with Gasteiger partial charge >= 0.3 is 5.97 Å². The number of imidazole rings is 1. The van der Waals surface area contributed by atoms with Crippen LogP contribution in [0.3, 0.4) is 0 Å². The summed E-state index contributed by atoms with van der Waals surface area (Å²) in [5, 5.41) is 13.6. The molecule has 0 radical (unpaired) electrons. The van der Waals surface area contributed by atoms with Crippen LogP contribution in [-0.4, -0.2) is 39.3 Å². The lowest BCUT2D eigenvalue weighted by atomic mass is 9.95. The first kappa shape index (κ1) is 23.4. The number of thiophene rings is 1. The lowest BCUT2D eigenvalue weighted by molar-refractivity contribution is -0.113. The number of aryl methyl sites for hydroxylation is 2. The van der Waals surface area contributed by atoms with Crippen LogP contribution in [0, 0.1) is 6.92 Å². The number of hydrogen-bond acceptors (Lipinski definition) is 7. The number of aromatic amines is 1. The molecule has 33 heavy (non-hydrogen) atoms. The molecule has 9 heteroatoms. The third-order valence-corrected chi connectivity index (χ3v) is 7.60. The number of nitrogens with zero attached hydrogens (tertiary/aromatic N) is 1. The number of aromatic nitrogens is 2. The van der Waals surface area contributed by atoms with Crippen molar-refractivity contribution in [3.63, 3.8) is 0 Å². The van der Waals surface area contributed by atoms with Crippen LogP contribution in [0.15, 0.2) is 29.4 Å². The molecule has 1 amide bonds. The molecule has 0 atom stereocenters. The SMILES string of the molecule is CCOC(=O)c1c(NC(=O)CSc2nc(Cc3ccc(O)cc3)c(C)[nH]2)sc2c1CCCC2. The van der Waals surface area contributed by atoms with Gasteiger partial charge in [0.1, 0.15) is 10.8 Å². The van der Waals surface area contributed by atoms with Gasteiger partial charge in [-0.15, -0.1) is 11.3 Å². The number of carbonyl (C=O) groups excluding carboxylic acids is 2. The summed E-state index contributed by atoms with van der Waals surface area (Å²) >= 11 is 2.82. The summed E-state index contributed by atoms with van der Waals surface area (Å²) in [4.78, 5) is 34.3. The Labute approximate surface area is 201 Å². The summed E-state index contributed by atoms with van der Waals surface area (Å²) in [5.74, 6) is -0.132. The minimum absolute atomic E-state index is 0.177. The summed E-state index contributed by atoms with van der Waals surface area (Å²) in [6.07, 6.45) is 4.57. The second-order valence-corrected chi connectivity index (χ2v) is 10.00. The number of phenolic OH excluding ortho intramolecular Hbond substituents is 1. The molecule has 3 aromatic rings. The molecule has 174 valence electrons. The number of rotatable bonds is 8. The summed E-state index contributed by atoms with van der Waals surface area (Å²) in [6.45, 7) is 4.04. The van der Waals surface area contributed by atoms with E-state index in [0.29, 0.717) is 28.7 Å². The van der Waals surface area contributed by atoms with Crippen LogP contribution >= 0.6 is 23.1 Å². The molecule has 0 spiro atoms. The largest absolute Gasteiger partial charge is 0.508 e. The van der Waals surface area contributed by atoms with E-state index >= 15 is 0 Å². The molecule has 0 aliphatic heterocycles. The number of benzene rings is 1. The molecule has 7 nitrogen and oxygen atoms in total. The van der Waals surface area contributed by atoms with Crippen molar-refractivity contribution in [3.8, 4) is 5.75 Å². The fraction of sp³-hybridized carbons (Fsp3) is 0.375. The highest BCUT2D eigenvalue weighted by Crippen LogP contribution is 2.38. The number of esters is 1. The van der Waals surface area contributed by atoms with Gasteiger partial charge in [0.2, 0.25) is 5.91 Å².